The van der Waals surface area contributed by atoms with Gasteiger partial charge in [-0.3, -0.25) is 19.5 Å². The number of hydrogen-bond acceptors (Lipinski definition) is 4. The fraction of sp³-hybridized carbons (Fsp3) is 0.455. The van der Waals surface area contributed by atoms with Crippen LogP contribution >= 0.6 is 0 Å². The van der Waals surface area contributed by atoms with Crippen LogP contribution in [0.15, 0.2) is 42.6 Å². The van der Waals surface area contributed by atoms with E-state index < -0.39 is 0 Å². The van der Waals surface area contributed by atoms with Crippen molar-refractivity contribution >= 4 is 17.5 Å². The standard InChI is InChI=1S/C22H25N3O2/c1-16-6-4-9-20(24-16)25-13-11-22(21(25)27)10-5-7-17(15-22)14-19(26)18-8-2-3-12-23-18/h2-4,6,8-9,12,17H,5,7,10-11,13-15H2,1H3/t17-,22+/m1/s1. The van der Waals surface area contributed by atoms with Gasteiger partial charge in [-0.15, -0.1) is 0 Å². The fourth-order valence-electron chi connectivity index (χ4n) is 4.69. The topological polar surface area (TPSA) is 63.2 Å². The summed E-state index contributed by atoms with van der Waals surface area (Å²) in [7, 11) is 0. The molecule has 0 N–H and O–H groups in total. The molecule has 0 radical (unpaired) electrons. The van der Waals surface area contributed by atoms with Crippen molar-refractivity contribution in [3.05, 3.63) is 54.0 Å². The minimum atomic E-state index is -0.321. The van der Waals surface area contributed by atoms with E-state index >= 15 is 0 Å². The molecule has 2 fully saturated rings. The summed E-state index contributed by atoms with van der Waals surface area (Å²) in [4.78, 5) is 36.4. The molecule has 1 saturated carbocycles. The van der Waals surface area contributed by atoms with Crippen molar-refractivity contribution in [1.29, 1.82) is 0 Å². The molecule has 140 valence electrons. The molecule has 2 aromatic heterocycles. The highest BCUT2D eigenvalue weighted by Gasteiger charge is 2.49. The molecule has 1 spiro atoms. The molecule has 1 amide bonds. The summed E-state index contributed by atoms with van der Waals surface area (Å²) in [6.07, 6.45) is 6.72. The summed E-state index contributed by atoms with van der Waals surface area (Å²) < 4.78 is 0. The van der Waals surface area contributed by atoms with E-state index in [-0.39, 0.29) is 23.0 Å². The summed E-state index contributed by atoms with van der Waals surface area (Å²) in [5.74, 6) is 1.28. The molecule has 1 aliphatic carbocycles. The van der Waals surface area contributed by atoms with Crippen LogP contribution in [0.3, 0.4) is 0 Å². The molecule has 0 aromatic carbocycles. The van der Waals surface area contributed by atoms with Gasteiger partial charge in [-0.2, -0.15) is 0 Å². The van der Waals surface area contributed by atoms with E-state index in [2.05, 4.69) is 9.97 Å². The highest BCUT2D eigenvalue weighted by molar-refractivity contribution is 5.99. The van der Waals surface area contributed by atoms with Gasteiger partial charge in [0.15, 0.2) is 5.78 Å². The second-order valence-corrected chi connectivity index (χ2v) is 7.93. The third-order valence-electron chi connectivity index (χ3n) is 6.03. The van der Waals surface area contributed by atoms with Gasteiger partial charge >= 0.3 is 0 Å². The van der Waals surface area contributed by atoms with Crippen molar-refractivity contribution in [1.82, 2.24) is 9.97 Å². The van der Waals surface area contributed by atoms with Crippen LogP contribution in [-0.2, 0) is 4.79 Å². The predicted molar refractivity (Wildman–Crippen MR) is 104 cm³/mol. The van der Waals surface area contributed by atoms with Crippen LogP contribution in [-0.4, -0.2) is 28.2 Å². The Labute approximate surface area is 159 Å². The number of rotatable bonds is 4. The van der Waals surface area contributed by atoms with E-state index in [1.54, 1.807) is 12.3 Å². The molecule has 0 bridgehead atoms. The first-order chi connectivity index (χ1) is 13.1. The van der Waals surface area contributed by atoms with Gasteiger partial charge in [-0.1, -0.05) is 18.6 Å². The van der Waals surface area contributed by atoms with Crippen LogP contribution < -0.4 is 4.90 Å². The molecule has 3 heterocycles. The largest absolute Gasteiger partial charge is 0.296 e. The van der Waals surface area contributed by atoms with Crippen LogP contribution in [0.25, 0.3) is 0 Å². The van der Waals surface area contributed by atoms with E-state index in [0.717, 1.165) is 50.2 Å². The molecule has 27 heavy (non-hydrogen) atoms. The first-order valence-electron chi connectivity index (χ1n) is 9.77. The monoisotopic (exact) mass is 363 g/mol. The number of anilines is 1. The Morgan fingerprint density at radius 3 is 2.89 bits per heavy atom. The first kappa shape index (κ1) is 17.8. The Bertz CT molecular complexity index is 852. The SMILES string of the molecule is Cc1cccc(N2CC[C@]3(CCC[C@H](CC(=O)c4ccccn4)C3)C2=O)n1. The number of aromatic nitrogens is 2. The number of aryl methyl sites for hydroxylation is 1. The van der Waals surface area contributed by atoms with Gasteiger partial charge in [0, 0.05) is 24.9 Å². The van der Waals surface area contributed by atoms with Gasteiger partial charge in [0.05, 0.1) is 5.41 Å². The summed E-state index contributed by atoms with van der Waals surface area (Å²) in [5.41, 5.74) is 1.13. The average Bonchev–Trinajstić information content (AvgIpc) is 2.98. The van der Waals surface area contributed by atoms with Crippen LogP contribution in [0.1, 0.15) is 54.7 Å². The summed E-state index contributed by atoms with van der Waals surface area (Å²) in [5, 5.41) is 0. The smallest absolute Gasteiger partial charge is 0.234 e. The lowest BCUT2D eigenvalue weighted by Crippen LogP contribution is -2.39. The first-order valence-corrected chi connectivity index (χ1v) is 9.77. The average molecular weight is 363 g/mol. The fourth-order valence-corrected chi connectivity index (χ4v) is 4.69. The molecular formula is C22H25N3O2. The number of amides is 1. The van der Waals surface area contributed by atoms with Gasteiger partial charge in [0.2, 0.25) is 5.91 Å². The zero-order valence-electron chi connectivity index (χ0n) is 15.7. The van der Waals surface area contributed by atoms with E-state index in [1.807, 2.05) is 42.2 Å². The Kier molecular flexibility index (Phi) is 4.77. The number of carbonyl (C=O) groups excluding carboxylic acids is 2. The summed E-state index contributed by atoms with van der Waals surface area (Å²) in [6, 6.07) is 11.2. The van der Waals surface area contributed by atoms with Crippen LogP contribution in [0.2, 0.25) is 0 Å². The molecule has 2 atom stereocenters. The van der Waals surface area contributed by atoms with Crippen LogP contribution in [0.5, 0.6) is 0 Å². The van der Waals surface area contributed by atoms with Crippen molar-refractivity contribution in [2.75, 3.05) is 11.4 Å². The van der Waals surface area contributed by atoms with Crippen LogP contribution in [0.4, 0.5) is 5.82 Å². The minimum absolute atomic E-state index is 0.0836. The predicted octanol–water partition coefficient (Wildman–Crippen LogP) is 3.97. The van der Waals surface area contributed by atoms with Gasteiger partial charge in [0.25, 0.3) is 0 Å². The maximum atomic E-state index is 13.3. The number of nitrogens with zero attached hydrogens (tertiary/aromatic N) is 3. The van der Waals surface area contributed by atoms with Crippen LogP contribution in [0, 0.1) is 18.3 Å². The van der Waals surface area contributed by atoms with Gasteiger partial charge in [-0.25, -0.2) is 4.98 Å². The normalized spacial score (nSPS) is 25.1. The highest BCUT2D eigenvalue weighted by Crippen LogP contribution is 2.48. The van der Waals surface area contributed by atoms with Crippen molar-refractivity contribution in [2.24, 2.45) is 11.3 Å². The number of ketones is 1. The highest BCUT2D eigenvalue weighted by atomic mass is 16.2. The second kappa shape index (κ2) is 7.22. The molecule has 5 nitrogen and oxygen atoms in total. The number of hydrogen-bond donors (Lipinski definition) is 0. The number of carbonyl (C=O) groups is 2. The second-order valence-electron chi connectivity index (χ2n) is 7.93. The third-order valence-corrected chi connectivity index (χ3v) is 6.03. The number of pyridine rings is 2. The van der Waals surface area contributed by atoms with Gasteiger partial charge in [-0.05, 0) is 62.8 Å². The molecule has 5 heteroatoms. The lowest BCUT2D eigenvalue weighted by Gasteiger charge is -2.36. The lowest BCUT2D eigenvalue weighted by molar-refractivity contribution is -0.128. The van der Waals surface area contributed by atoms with E-state index in [4.69, 9.17) is 0 Å². The van der Waals surface area contributed by atoms with Crippen molar-refractivity contribution in [3.63, 3.8) is 0 Å². The Balaban J connectivity index is 1.47. The van der Waals surface area contributed by atoms with Crippen molar-refractivity contribution < 1.29 is 9.59 Å². The maximum Gasteiger partial charge on any atom is 0.234 e. The zero-order valence-corrected chi connectivity index (χ0v) is 15.7. The zero-order chi connectivity index (χ0) is 18.9. The van der Waals surface area contributed by atoms with Gasteiger partial charge < -0.3 is 0 Å². The third kappa shape index (κ3) is 3.51. The van der Waals surface area contributed by atoms with E-state index in [0.29, 0.717) is 12.1 Å². The Morgan fingerprint density at radius 1 is 1.22 bits per heavy atom. The molecule has 2 aromatic rings. The quantitative estimate of drug-likeness (QED) is 0.771. The molecule has 0 unspecified atom stereocenters. The maximum absolute atomic E-state index is 13.3. The number of Topliss-reactive ketones (excluding diaryl/α,β-unsaturated/α-hetero) is 1. The van der Waals surface area contributed by atoms with Gasteiger partial charge in [0.1, 0.15) is 11.5 Å². The molecule has 2 aliphatic rings. The van der Waals surface area contributed by atoms with Crippen molar-refractivity contribution in [2.45, 2.75) is 45.4 Å². The van der Waals surface area contributed by atoms with E-state index in [9.17, 15) is 9.59 Å². The van der Waals surface area contributed by atoms with Crippen molar-refractivity contribution in [3.8, 4) is 0 Å². The Hall–Kier alpha value is -2.56. The minimum Gasteiger partial charge on any atom is -0.296 e. The summed E-state index contributed by atoms with van der Waals surface area (Å²) in [6.45, 7) is 2.66. The molecular weight excluding hydrogens is 338 g/mol. The molecule has 1 saturated heterocycles. The summed E-state index contributed by atoms with van der Waals surface area (Å²) >= 11 is 0. The Morgan fingerprint density at radius 2 is 2.11 bits per heavy atom. The van der Waals surface area contributed by atoms with E-state index in [1.165, 1.54) is 0 Å². The lowest BCUT2D eigenvalue weighted by atomic mass is 9.67. The molecule has 1 aliphatic heterocycles. The molecule has 4 rings (SSSR count).